The predicted octanol–water partition coefficient (Wildman–Crippen LogP) is 2.55. The van der Waals surface area contributed by atoms with E-state index in [4.69, 9.17) is 5.11 Å². The van der Waals surface area contributed by atoms with Crippen molar-refractivity contribution in [2.24, 2.45) is 0 Å². The van der Waals surface area contributed by atoms with Gasteiger partial charge in [-0.2, -0.15) is 0 Å². The number of rotatable bonds is 4. The molecule has 3 rings (SSSR count). The Labute approximate surface area is 159 Å². The Morgan fingerprint density at radius 3 is 2.67 bits per heavy atom. The van der Waals surface area contributed by atoms with Gasteiger partial charge < -0.3 is 15.3 Å². The zero-order valence-electron chi connectivity index (χ0n) is 15.9. The monoisotopic (exact) mass is 367 g/mol. The van der Waals surface area contributed by atoms with E-state index in [-0.39, 0.29) is 30.5 Å². The number of pyridine rings is 1. The van der Waals surface area contributed by atoms with Crippen LogP contribution in [0.2, 0.25) is 0 Å². The van der Waals surface area contributed by atoms with E-state index in [1.54, 1.807) is 26.1 Å². The first-order valence-corrected chi connectivity index (χ1v) is 9.21. The molecule has 0 aliphatic carbocycles. The average molecular weight is 367 g/mol. The number of nitrogens with one attached hydrogen (secondary N) is 1. The molecule has 0 spiro atoms. The Balaban J connectivity index is 1.84. The molecule has 1 unspecified atom stereocenters. The van der Waals surface area contributed by atoms with Crippen molar-refractivity contribution >= 4 is 17.5 Å². The van der Waals surface area contributed by atoms with Crippen molar-refractivity contribution in [1.82, 2.24) is 10.3 Å². The number of hydrogen-bond acceptors (Lipinski definition) is 4. The normalized spacial score (nSPS) is 17.2. The summed E-state index contributed by atoms with van der Waals surface area (Å²) in [6.45, 7) is 5.29. The lowest BCUT2D eigenvalue weighted by atomic mass is 9.93. The number of carbonyl (C=O) groups is 2. The van der Waals surface area contributed by atoms with Crippen LogP contribution in [0.4, 0.5) is 5.69 Å². The fourth-order valence-electron chi connectivity index (χ4n) is 3.45. The molecule has 2 N–H and O–H groups in total. The van der Waals surface area contributed by atoms with Crippen LogP contribution in [0, 0.1) is 0 Å². The van der Waals surface area contributed by atoms with Crippen LogP contribution in [0.1, 0.15) is 43.2 Å². The quantitative estimate of drug-likeness (QED) is 0.870. The molecule has 6 nitrogen and oxygen atoms in total. The highest BCUT2D eigenvalue weighted by Gasteiger charge is 2.26. The van der Waals surface area contributed by atoms with Crippen molar-refractivity contribution < 1.29 is 14.7 Å². The molecule has 2 heterocycles. The van der Waals surface area contributed by atoms with Gasteiger partial charge in [0.2, 0.25) is 5.91 Å². The number of benzene rings is 1. The molecule has 0 saturated heterocycles. The molecule has 2 amide bonds. The van der Waals surface area contributed by atoms with Gasteiger partial charge in [-0.05, 0) is 56.0 Å². The molecule has 27 heavy (non-hydrogen) atoms. The van der Waals surface area contributed by atoms with Gasteiger partial charge in [-0.3, -0.25) is 14.6 Å². The van der Waals surface area contributed by atoms with E-state index in [9.17, 15) is 9.59 Å². The van der Waals surface area contributed by atoms with Crippen LogP contribution in [-0.2, 0) is 11.2 Å². The third-order valence-corrected chi connectivity index (χ3v) is 4.93. The minimum atomic E-state index is -0.314. The number of nitrogens with zero attached hydrogens (tertiary/aromatic N) is 2. The molecular formula is C21H25N3O3. The molecule has 1 aromatic carbocycles. The molecule has 0 saturated carbocycles. The van der Waals surface area contributed by atoms with Crippen molar-refractivity contribution in [2.45, 2.75) is 45.7 Å². The third kappa shape index (κ3) is 4.01. The summed E-state index contributed by atoms with van der Waals surface area (Å²) in [5.41, 5.74) is 4.37. The summed E-state index contributed by atoms with van der Waals surface area (Å²) < 4.78 is 0. The fraction of sp³-hybridized carbons (Fsp3) is 0.381. The van der Waals surface area contributed by atoms with Gasteiger partial charge in [0.1, 0.15) is 5.69 Å². The highest BCUT2D eigenvalue weighted by Crippen LogP contribution is 2.34. The van der Waals surface area contributed by atoms with Crippen LogP contribution >= 0.6 is 0 Å². The lowest BCUT2D eigenvalue weighted by Gasteiger charge is -2.34. The Morgan fingerprint density at radius 2 is 2.04 bits per heavy atom. The Kier molecular flexibility index (Phi) is 5.56. The van der Waals surface area contributed by atoms with E-state index in [2.05, 4.69) is 23.3 Å². The SMILES string of the molecule is CC(=O)N1c2ccc(-c3ccc(C(=O)NC(C)CO)nc3)cc2CC[C@@H]1C. The molecule has 0 fully saturated rings. The van der Waals surface area contributed by atoms with E-state index < -0.39 is 0 Å². The standard InChI is InChI=1S/C21H25N3O3/c1-13(12-25)23-21(27)19-8-6-18(11-22-19)16-7-9-20-17(10-16)5-4-14(2)24(20)15(3)26/h6-11,13-14,25H,4-5,12H2,1-3H3,(H,23,27)/t13?,14-/m0/s1. The van der Waals surface area contributed by atoms with E-state index in [1.165, 1.54) is 0 Å². The van der Waals surface area contributed by atoms with Crippen LogP contribution < -0.4 is 10.2 Å². The fourth-order valence-corrected chi connectivity index (χ4v) is 3.45. The summed E-state index contributed by atoms with van der Waals surface area (Å²) in [5.74, 6) is -0.245. The Morgan fingerprint density at radius 1 is 1.30 bits per heavy atom. The van der Waals surface area contributed by atoms with E-state index in [1.807, 2.05) is 23.1 Å². The van der Waals surface area contributed by atoms with Gasteiger partial charge >= 0.3 is 0 Å². The number of hydrogen-bond donors (Lipinski definition) is 2. The van der Waals surface area contributed by atoms with Crippen LogP contribution in [0.25, 0.3) is 11.1 Å². The average Bonchev–Trinajstić information content (AvgIpc) is 2.67. The number of aliphatic hydroxyl groups excluding tert-OH is 1. The van der Waals surface area contributed by atoms with Gasteiger partial charge in [0.05, 0.1) is 6.61 Å². The van der Waals surface area contributed by atoms with Crippen LogP contribution in [0.5, 0.6) is 0 Å². The molecule has 0 bridgehead atoms. The zero-order valence-corrected chi connectivity index (χ0v) is 15.9. The van der Waals surface area contributed by atoms with Crippen LogP contribution in [0.15, 0.2) is 36.5 Å². The number of aliphatic hydroxyl groups is 1. The molecule has 2 atom stereocenters. The van der Waals surface area contributed by atoms with E-state index >= 15 is 0 Å². The van der Waals surface area contributed by atoms with Gasteiger partial charge in [0, 0.05) is 36.5 Å². The van der Waals surface area contributed by atoms with Crippen LogP contribution in [-0.4, -0.2) is 40.6 Å². The molecule has 1 aliphatic heterocycles. The molecule has 1 aromatic heterocycles. The minimum absolute atomic E-state index is 0.0605. The number of fused-ring (bicyclic) bond motifs is 1. The summed E-state index contributed by atoms with van der Waals surface area (Å²) >= 11 is 0. The van der Waals surface area contributed by atoms with Crippen molar-refractivity contribution in [1.29, 1.82) is 0 Å². The lowest BCUT2D eigenvalue weighted by molar-refractivity contribution is -0.117. The maximum absolute atomic E-state index is 12.1. The first-order valence-electron chi connectivity index (χ1n) is 9.21. The number of aryl methyl sites for hydroxylation is 1. The number of carbonyl (C=O) groups excluding carboxylic acids is 2. The second kappa shape index (κ2) is 7.88. The smallest absolute Gasteiger partial charge is 0.270 e. The molecule has 0 radical (unpaired) electrons. The van der Waals surface area contributed by atoms with Crippen molar-refractivity contribution in [3.8, 4) is 11.1 Å². The molecule has 142 valence electrons. The summed E-state index contributed by atoms with van der Waals surface area (Å²) in [6.07, 6.45) is 3.55. The highest BCUT2D eigenvalue weighted by atomic mass is 16.3. The topological polar surface area (TPSA) is 82.5 Å². The maximum Gasteiger partial charge on any atom is 0.270 e. The van der Waals surface area contributed by atoms with Gasteiger partial charge in [-0.25, -0.2) is 0 Å². The summed E-state index contributed by atoms with van der Waals surface area (Å²) in [4.78, 5) is 30.2. The summed E-state index contributed by atoms with van der Waals surface area (Å²) in [6, 6.07) is 9.51. The van der Waals surface area contributed by atoms with Gasteiger partial charge in [0.15, 0.2) is 0 Å². The second-order valence-corrected chi connectivity index (χ2v) is 7.11. The molecular weight excluding hydrogens is 342 g/mol. The van der Waals surface area contributed by atoms with Gasteiger partial charge in [0.25, 0.3) is 5.91 Å². The zero-order chi connectivity index (χ0) is 19.6. The minimum Gasteiger partial charge on any atom is -0.394 e. The lowest BCUT2D eigenvalue weighted by Crippen LogP contribution is -2.40. The molecule has 6 heteroatoms. The second-order valence-electron chi connectivity index (χ2n) is 7.11. The van der Waals surface area contributed by atoms with Crippen molar-refractivity contribution in [3.63, 3.8) is 0 Å². The molecule has 2 aromatic rings. The maximum atomic E-state index is 12.1. The van der Waals surface area contributed by atoms with Gasteiger partial charge in [-0.1, -0.05) is 12.1 Å². The van der Waals surface area contributed by atoms with Crippen molar-refractivity contribution in [3.05, 3.63) is 47.8 Å². The Bertz CT molecular complexity index is 848. The van der Waals surface area contributed by atoms with Crippen molar-refractivity contribution in [2.75, 3.05) is 11.5 Å². The first-order chi connectivity index (χ1) is 12.9. The summed E-state index contributed by atoms with van der Waals surface area (Å²) in [7, 11) is 0. The highest BCUT2D eigenvalue weighted by molar-refractivity contribution is 5.94. The van der Waals surface area contributed by atoms with E-state index in [0.29, 0.717) is 5.69 Å². The van der Waals surface area contributed by atoms with E-state index in [0.717, 1.165) is 35.2 Å². The number of aromatic nitrogens is 1. The predicted molar refractivity (Wildman–Crippen MR) is 105 cm³/mol. The largest absolute Gasteiger partial charge is 0.394 e. The number of amides is 2. The van der Waals surface area contributed by atoms with Gasteiger partial charge in [-0.15, -0.1) is 0 Å². The van der Waals surface area contributed by atoms with Crippen LogP contribution in [0.3, 0.4) is 0 Å². The third-order valence-electron chi connectivity index (χ3n) is 4.93. The Hall–Kier alpha value is -2.73. The summed E-state index contributed by atoms with van der Waals surface area (Å²) in [5, 5.41) is 11.7. The number of anilines is 1. The molecule has 1 aliphatic rings. The first kappa shape index (κ1) is 19.0.